The van der Waals surface area contributed by atoms with Gasteiger partial charge in [-0.2, -0.15) is 11.8 Å². The second kappa shape index (κ2) is 10.3. The Labute approximate surface area is 150 Å². The third-order valence-corrected chi connectivity index (χ3v) is 5.07. The summed E-state index contributed by atoms with van der Waals surface area (Å²) >= 11 is 1.54. The van der Waals surface area contributed by atoms with Crippen molar-refractivity contribution >= 4 is 23.6 Å². The van der Waals surface area contributed by atoms with Gasteiger partial charge >= 0.3 is 0 Å². The van der Waals surface area contributed by atoms with Crippen molar-refractivity contribution < 1.29 is 19.8 Å². The number of amides is 2. The molecule has 7 heteroatoms. The summed E-state index contributed by atoms with van der Waals surface area (Å²) in [7, 11) is 0. The SMILES string of the molecule is CC(C)C(=O)NCCNC(=O)C(C)(C)CC(C)(C)SCC(O)CO. The number of carbonyl (C=O) groups excluding carboxylic acids is 2. The van der Waals surface area contributed by atoms with E-state index in [9.17, 15) is 14.7 Å². The van der Waals surface area contributed by atoms with Crippen molar-refractivity contribution in [3.63, 3.8) is 0 Å². The summed E-state index contributed by atoms with van der Waals surface area (Å²) < 4.78 is -0.206. The predicted molar refractivity (Wildman–Crippen MR) is 98.9 cm³/mol. The summed E-state index contributed by atoms with van der Waals surface area (Å²) in [5, 5.41) is 24.0. The Balaban J connectivity index is 4.33. The van der Waals surface area contributed by atoms with Gasteiger partial charge in [-0.3, -0.25) is 9.59 Å². The third kappa shape index (κ3) is 9.49. The molecule has 6 nitrogen and oxygen atoms in total. The molecule has 0 spiro atoms. The van der Waals surface area contributed by atoms with Gasteiger partial charge in [0, 0.05) is 34.9 Å². The molecule has 24 heavy (non-hydrogen) atoms. The van der Waals surface area contributed by atoms with Crippen LogP contribution in [0.4, 0.5) is 0 Å². The molecule has 142 valence electrons. The standard InChI is InChI=1S/C17H34N2O4S/c1-12(2)14(22)18-7-8-19-15(23)16(3,4)11-17(5,6)24-10-13(21)9-20/h12-13,20-21H,7-11H2,1-6H3,(H,18,22)(H,19,23). The highest BCUT2D eigenvalue weighted by Gasteiger charge is 2.35. The van der Waals surface area contributed by atoms with E-state index in [0.29, 0.717) is 25.3 Å². The molecule has 0 aliphatic carbocycles. The summed E-state index contributed by atoms with van der Waals surface area (Å²) in [5.41, 5.74) is -0.567. The molecule has 0 saturated heterocycles. The van der Waals surface area contributed by atoms with E-state index < -0.39 is 11.5 Å². The summed E-state index contributed by atoms with van der Waals surface area (Å²) in [6, 6.07) is 0. The Morgan fingerprint density at radius 2 is 1.62 bits per heavy atom. The molecule has 0 aromatic carbocycles. The van der Waals surface area contributed by atoms with Gasteiger partial charge in [0.2, 0.25) is 11.8 Å². The number of carbonyl (C=O) groups is 2. The quantitative estimate of drug-likeness (QED) is 0.413. The van der Waals surface area contributed by atoms with E-state index in [1.807, 2.05) is 41.5 Å². The zero-order valence-electron chi connectivity index (χ0n) is 15.8. The van der Waals surface area contributed by atoms with Crippen LogP contribution in [0.15, 0.2) is 0 Å². The molecule has 0 aromatic heterocycles. The van der Waals surface area contributed by atoms with Crippen LogP contribution in [0.1, 0.15) is 48.0 Å². The minimum absolute atomic E-state index is 0.0246. The van der Waals surface area contributed by atoms with Gasteiger partial charge in [0.1, 0.15) is 0 Å². The molecular weight excluding hydrogens is 328 g/mol. The Morgan fingerprint density at radius 1 is 1.08 bits per heavy atom. The number of hydrogen-bond acceptors (Lipinski definition) is 5. The van der Waals surface area contributed by atoms with Crippen molar-refractivity contribution in [2.45, 2.75) is 58.8 Å². The molecule has 1 atom stereocenters. The fourth-order valence-corrected chi connectivity index (χ4v) is 3.59. The van der Waals surface area contributed by atoms with Gasteiger partial charge in [-0.25, -0.2) is 0 Å². The van der Waals surface area contributed by atoms with Crippen molar-refractivity contribution in [3.05, 3.63) is 0 Å². The van der Waals surface area contributed by atoms with Gasteiger partial charge in [0.25, 0.3) is 0 Å². The lowest BCUT2D eigenvalue weighted by Gasteiger charge is -2.34. The Hall–Kier alpha value is -0.790. The molecule has 0 aliphatic heterocycles. The highest BCUT2D eigenvalue weighted by molar-refractivity contribution is 8.00. The predicted octanol–water partition coefficient (Wildman–Crippen LogP) is 1.16. The van der Waals surface area contributed by atoms with Gasteiger partial charge in [0.15, 0.2) is 0 Å². The number of nitrogens with one attached hydrogen (secondary N) is 2. The first-order valence-electron chi connectivity index (χ1n) is 8.40. The van der Waals surface area contributed by atoms with E-state index in [0.717, 1.165) is 0 Å². The van der Waals surface area contributed by atoms with Crippen LogP contribution in [-0.2, 0) is 9.59 Å². The fraction of sp³-hybridized carbons (Fsp3) is 0.882. The smallest absolute Gasteiger partial charge is 0.225 e. The van der Waals surface area contributed by atoms with Crippen LogP contribution in [-0.4, -0.2) is 58.3 Å². The van der Waals surface area contributed by atoms with E-state index in [1.165, 1.54) is 0 Å². The highest BCUT2D eigenvalue weighted by Crippen LogP contribution is 2.37. The topological polar surface area (TPSA) is 98.7 Å². The summed E-state index contributed by atoms with van der Waals surface area (Å²) in [6.45, 7) is 12.0. The number of aliphatic hydroxyl groups excluding tert-OH is 2. The maximum atomic E-state index is 12.4. The van der Waals surface area contributed by atoms with E-state index >= 15 is 0 Å². The lowest BCUT2D eigenvalue weighted by molar-refractivity contribution is -0.130. The van der Waals surface area contributed by atoms with Gasteiger partial charge in [0.05, 0.1) is 12.7 Å². The fourth-order valence-electron chi connectivity index (χ4n) is 2.38. The third-order valence-electron chi connectivity index (χ3n) is 3.59. The Bertz CT molecular complexity index is 411. The van der Waals surface area contributed by atoms with Gasteiger partial charge in [-0.05, 0) is 6.42 Å². The summed E-state index contributed by atoms with van der Waals surface area (Å²) in [6.07, 6.45) is -0.108. The Kier molecular flexibility index (Phi) is 9.92. The maximum absolute atomic E-state index is 12.4. The minimum Gasteiger partial charge on any atom is -0.394 e. The molecule has 0 aliphatic rings. The summed E-state index contributed by atoms with van der Waals surface area (Å²) in [5.74, 6) is 0.285. The number of hydrogen-bond donors (Lipinski definition) is 4. The molecule has 0 aromatic rings. The highest BCUT2D eigenvalue weighted by atomic mass is 32.2. The van der Waals surface area contributed by atoms with E-state index in [4.69, 9.17) is 5.11 Å². The van der Waals surface area contributed by atoms with Crippen molar-refractivity contribution in [2.24, 2.45) is 11.3 Å². The zero-order chi connectivity index (χ0) is 19.0. The Morgan fingerprint density at radius 3 is 2.12 bits per heavy atom. The lowest BCUT2D eigenvalue weighted by Crippen LogP contribution is -2.44. The maximum Gasteiger partial charge on any atom is 0.225 e. The van der Waals surface area contributed by atoms with E-state index in [-0.39, 0.29) is 29.1 Å². The molecule has 0 radical (unpaired) electrons. The number of rotatable bonds is 11. The van der Waals surface area contributed by atoms with Crippen molar-refractivity contribution in [1.82, 2.24) is 10.6 Å². The van der Waals surface area contributed by atoms with Crippen molar-refractivity contribution in [2.75, 3.05) is 25.4 Å². The van der Waals surface area contributed by atoms with Crippen LogP contribution in [0.25, 0.3) is 0 Å². The van der Waals surface area contributed by atoms with Gasteiger partial charge in [-0.15, -0.1) is 0 Å². The molecule has 4 N–H and O–H groups in total. The number of aliphatic hydroxyl groups is 2. The average Bonchev–Trinajstić information content (AvgIpc) is 2.47. The molecule has 0 saturated carbocycles. The van der Waals surface area contributed by atoms with Crippen LogP contribution in [0.3, 0.4) is 0 Å². The van der Waals surface area contributed by atoms with Crippen LogP contribution >= 0.6 is 11.8 Å². The van der Waals surface area contributed by atoms with Crippen molar-refractivity contribution in [3.8, 4) is 0 Å². The van der Waals surface area contributed by atoms with Crippen LogP contribution in [0.5, 0.6) is 0 Å². The largest absolute Gasteiger partial charge is 0.394 e. The molecule has 0 fully saturated rings. The van der Waals surface area contributed by atoms with Crippen molar-refractivity contribution in [1.29, 1.82) is 0 Å². The van der Waals surface area contributed by atoms with E-state index in [1.54, 1.807) is 11.8 Å². The second-order valence-electron chi connectivity index (χ2n) is 7.67. The molecule has 0 heterocycles. The van der Waals surface area contributed by atoms with Gasteiger partial charge in [-0.1, -0.05) is 41.5 Å². The minimum atomic E-state index is -0.740. The first kappa shape index (κ1) is 23.2. The second-order valence-corrected chi connectivity index (χ2v) is 9.40. The lowest BCUT2D eigenvalue weighted by atomic mass is 9.82. The van der Waals surface area contributed by atoms with Crippen LogP contribution in [0.2, 0.25) is 0 Å². The average molecular weight is 363 g/mol. The summed E-state index contributed by atoms with van der Waals surface area (Å²) in [4.78, 5) is 23.9. The normalized spacial score (nSPS) is 13.7. The molecule has 1 unspecified atom stereocenters. The monoisotopic (exact) mass is 362 g/mol. The zero-order valence-corrected chi connectivity index (χ0v) is 16.6. The first-order valence-corrected chi connectivity index (χ1v) is 9.39. The van der Waals surface area contributed by atoms with Crippen LogP contribution < -0.4 is 10.6 Å². The molecular formula is C17H34N2O4S. The molecule has 2 amide bonds. The first-order chi connectivity index (χ1) is 10.9. The molecule has 0 rings (SSSR count). The van der Waals surface area contributed by atoms with E-state index in [2.05, 4.69) is 10.6 Å². The van der Waals surface area contributed by atoms with Crippen LogP contribution in [0, 0.1) is 11.3 Å². The number of thioether (sulfide) groups is 1. The van der Waals surface area contributed by atoms with Gasteiger partial charge < -0.3 is 20.8 Å². The molecule has 0 bridgehead atoms.